The Labute approximate surface area is 60.4 Å². The normalized spacial score (nSPS) is 16.0. The predicted octanol–water partition coefficient (Wildman–Crippen LogP) is 2.04. The van der Waals surface area contributed by atoms with Gasteiger partial charge >= 0.3 is 5.97 Å². The maximum Gasteiger partial charge on any atom is 0.305 e. The van der Waals surface area contributed by atoms with Crippen molar-refractivity contribution < 1.29 is 13.9 Å². The molecule has 60 valence electrons. The molecular formula is C7H13FO2. The van der Waals surface area contributed by atoms with Crippen molar-refractivity contribution in [1.29, 1.82) is 0 Å². The van der Waals surface area contributed by atoms with Gasteiger partial charge in [0.1, 0.15) is 0 Å². The van der Waals surface area contributed by atoms with Gasteiger partial charge in [0.15, 0.2) is 0 Å². The molecule has 2 nitrogen and oxygen atoms in total. The molecule has 0 saturated heterocycles. The highest BCUT2D eigenvalue weighted by Gasteiger charge is 2.24. The van der Waals surface area contributed by atoms with Gasteiger partial charge in [-0.3, -0.25) is 4.79 Å². The Morgan fingerprint density at radius 1 is 1.70 bits per heavy atom. The first kappa shape index (κ1) is 9.40. The lowest BCUT2D eigenvalue weighted by molar-refractivity contribution is -0.176. The summed E-state index contributed by atoms with van der Waals surface area (Å²) in [5, 5.41) is 0. The van der Waals surface area contributed by atoms with E-state index in [2.05, 4.69) is 4.74 Å². The summed E-state index contributed by atoms with van der Waals surface area (Å²) in [6.45, 7) is 4.30. The molecule has 1 atom stereocenters. The Kier molecular flexibility index (Phi) is 3.33. The standard InChI is InChI=1S/C7H13FO2/c1-4-5-7(3,8)10-6(2)9/h4-5H2,1-3H3. The van der Waals surface area contributed by atoms with Gasteiger partial charge in [0.25, 0.3) is 0 Å². The van der Waals surface area contributed by atoms with Gasteiger partial charge in [-0.15, -0.1) is 0 Å². The van der Waals surface area contributed by atoms with Gasteiger partial charge < -0.3 is 4.74 Å². The molecular weight excluding hydrogens is 135 g/mol. The number of hydrogen-bond acceptors (Lipinski definition) is 2. The summed E-state index contributed by atoms with van der Waals surface area (Å²) in [6.07, 6.45) is 0.923. The molecule has 0 spiro atoms. The van der Waals surface area contributed by atoms with Gasteiger partial charge in [0.05, 0.1) is 0 Å². The van der Waals surface area contributed by atoms with Crippen LogP contribution < -0.4 is 0 Å². The van der Waals surface area contributed by atoms with E-state index < -0.39 is 11.8 Å². The molecule has 0 aromatic carbocycles. The second kappa shape index (κ2) is 3.54. The van der Waals surface area contributed by atoms with Crippen LogP contribution in [0.3, 0.4) is 0 Å². The van der Waals surface area contributed by atoms with E-state index in [9.17, 15) is 9.18 Å². The maximum atomic E-state index is 12.9. The molecule has 10 heavy (non-hydrogen) atoms. The first-order valence-electron chi connectivity index (χ1n) is 3.36. The van der Waals surface area contributed by atoms with E-state index in [4.69, 9.17) is 0 Å². The van der Waals surface area contributed by atoms with E-state index in [1.54, 1.807) is 0 Å². The van der Waals surface area contributed by atoms with Crippen LogP contribution in [0.4, 0.5) is 4.39 Å². The molecule has 0 radical (unpaired) electrons. The maximum absolute atomic E-state index is 12.9. The van der Waals surface area contributed by atoms with Crippen molar-refractivity contribution in [2.75, 3.05) is 0 Å². The number of carbonyl (C=O) groups is 1. The van der Waals surface area contributed by atoms with Crippen LogP contribution >= 0.6 is 0 Å². The Balaban J connectivity index is 3.74. The zero-order valence-corrected chi connectivity index (χ0v) is 6.61. The smallest absolute Gasteiger partial charge is 0.305 e. The van der Waals surface area contributed by atoms with Crippen LogP contribution in [-0.2, 0) is 9.53 Å². The molecule has 0 aromatic rings. The number of halogens is 1. The van der Waals surface area contributed by atoms with Crippen LogP contribution in [0.25, 0.3) is 0 Å². The summed E-state index contributed by atoms with van der Waals surface area (Å²) >= 11 is 0. The average molecular weight is 148 g/mol. The van der Waals surface area contributed by atoms with Crippen LogP contribution in [-0.4, -0.2) is 11.8 Å². The summed E-state index contributed by atoms with van der Waals surface area (Å²) in [4.78, 5) is 10.3. The number of esters is 1. The highest BCUT2D eigenvalue weighted by atomic mass is 19.2. The molecule has 0 N–H and O–H groups in total. The van der Waals surface area contributed by atoms with Gasteiger partial charge in [-0.25, -0.2) is 0 Å². The van der Waals surface area contributed by atoms with Crippen molar-refractivity contribution in [3.05, 3.63) is 0 Å². The highest BCUT2D eigenvalue weighted by Crippen LogP contribution is 2.18. The molecule has 0 fully saturated rings. The van der Waals surface area contributed by atoms with Crippen molar-refractivity contribution in [2.24, 2.45) is 0 Å². The fraction of sp³-hybridized carbons (Fsp3) is 0.857. The molecule has 0 saturated carbocycles. The Hall–Kier alpha value is -0.600. The van der Waals surface area contributed by atoms with E-state index in [-0.39, 0.29) is 6.42 Å². The lowest BCUT2D eigenvalue weighted by atomic mass is 10.2. The minimum atomic E-state index is -1.78. The minimum Gasteiger partial charge on any atom is -0.429 e. The molecule has 0 bridgehead atoms. The van der Waals surface area contributed by atoms with Gasteiger partial charge in [-0.2, -0.15) is 4.39 Å². The zero-order chi connectivity index (χ0) is 8.20. The summed E-state index contributed by atoms with van der Waals surface area (Å²) in [7, 11) is 0. The molecule has 0 aliphatic rings. The van der Waals surface area contributed by atoms with Gasteiger partial charge in [0.2, 0.25) is 5.85 Å². The third-order valence-electron chi connectivity index (χ3n) is 1.05. The van der Waals surface area contributed by atoms with E-state index in [0.717, 1.165) is 0 Å². The minimum absolute atomic E-state index is 0.257. The Morgan fingerprint density at radius 2 is 2.20 bits per heavy atom. The third kappa shape index (κ3) is 4.30. The van der Waals surface area contributed by atoms with Crippen molar-refractivity contribution in [1.82, 2.24) is 0 Å². The van der Waals surface area contributed by atoms with Gasteiger partial charge in [-0.05, 0) is 6.42 Å². The Morgan fingerprint density at radius 3 is 2.50 bits per heavy atom. The topological polar surface area (TPSA) is 26.3 Å². The van der Waals surface area contributed by atoms with Crippen molar-refractivity contribution in [3.8, 4) is 0 Å². The summed E-state index contributed by atoms with van der Waals surface area (Å²) in [5.41, 5.74) is 0. The number of hydrogen-bond donors (Lipinski definition) is 0. The molecule has 0 amide bonds. The van der Waals surface area contributed by atoms with Crippen molar-refractivity contribution in [3.63, 3.8) is 0 Å². The first-order valence-corrected chi connectivity index (χ1v) is 3.36. The second-order valence-electron chi connectivity index (χ2n) is 2.45. The van der Waals surface area contributed by atoms with Crippen molar-refractivity contribution >= 4 is 5.97 Å². The monoisotopic (exact) mass is 148 g/mol. The summed E-state index contributed by atoms with van der Waals surface area (Å²) < 4.78 is 17.3. The molecule has 0 rings (SSSR count). The van der Waals surface area contributed by atoms with Gasteiger partial charge in [0, 0.05) is 20.3 Å². The molecule has 0 aromatic heterocycles. The number of rotatable bonds is 3. The van der Waals surface area contributed by atoms with Crippen LogP contribution in [0.2, 0.25) is 0 Å². The summed E-state index contributed by atoms with van der Waals surface area (Å²) in [5.74, 6) is -2.35. The van der Waals surface area contributed by atoms with E-state index >= 15 is 0 Å². The number of alkyl halides is 1. The average Bonchev–Trinajstić information content (AvgIpc) is 1.59. The molecule has 0 heterocycles. The largest absolute Gasteiger partial charge is 0.429 e. The van der Waals surface area contributed by atoms with E-state index in [0.29, 0.717) is 6.42 Å². The van der Waals surface area contributed by atoms with Crippen LogP contribution in [0, 0.1) is 0 Å². The fourth-order valence-electron chi connectivity index (χ4n) is 0.797. The van der Waals surface area contributed by atoms with E-state index in [1.807, 2.05) is 6.92 Å². The van der Waals surface area contributed by atoms with Crippen LogP contribution in [0.15, 0.2) is 0 Å². The number of ether oxygens (including phenoxy) is 1. The second-order valence-corrected chi connectivity index (χ2v) is 2.45. The fourth-order valence-corrected chi connectivity index (χ4v) is 0.797. The number of carbonyl (C=O) groups excluding carboxylic acids is 1. The van der Waals surface area contributed by atoms with Crippen LogP contribution in [0.1, 0.15) is 33.6 Å². The highest BCUT2D eigenvalue weighted by molar-refractivity contribution is 5.66. The molecule has 0 aliphatic carbocycles. The Bertz CT molecular complexity index is 121. The first-order chi connectivity index (χ1) is 4.48. The zero-order valence-electron chi connectivity index (χ0n) is 6.61. The van der Waals surface area contributed by atoms with Gasteiger partial charge in [-0.1, -0.05) is 6.92 Å². The lowest BCUT2D eigenvalue weighted by Gasteiger charge is -2.18. The molecule has 1 unspecified atom stereocenters. The predicted molar refractivity (Wildman–Crippen MR) is 36.2 cm³/mol. The quantitative estimate of drug-likeness (QED) is 0.572. The van der Waals surface area contributed by atoms with E-state index in [1.165, 1.54) is 13.8 Å². The third-order valence-corrected chi connectivity index (χ3v) is 1.05. The summed E-state index contributed by atoms with van der Waals surface area (Å²) in [6, 6.07) is 0. The molecule has 0 aliphatic heterocycles. The van der Waals surface area contributed by atoms with Crippen LogP contribution in [0.5, 0.6) is 0 Å². The SMILES string of the molecule is CCCC(C)(F)OC(C)=O. The lowest BCUT2D eigenvalue weighted by Crippen LogP contribution is -2.24. The van der Waals surface area contributed by atoms with Crippen molar-refractivity contribution in [2.45, 2.75) is 39.5 Å². The molecule has 3 heteroatoms.